The lowest BCUT2D eigenvalue weighted by Crippen LogP contribution is -2.51. The second kappa shape index (κ2) is 5.52. The Balaban J connectivity index is 2.37. The van der Waals surface area contributed by atoms with Crippen molar-refractivity contribution in [1.82, 2.24) is 5.32 Å². The van der Waals surface area contributed by atoms with Crippen molar-refractivity contribution >= 4 is 29.5 Å². The Morgan fingerprint density at radius 1 is 1.30 bits per heavy atom. The van der Waals surface area contributed by atoms with Crippen LogP contribution in [0.5, 0.6) is 0 Å². The van der Waals surface area contributed by atoms with Gasteiger partial charge in [-0.3, -0.25) is 14.9 Å². The molecule has 2 N–H and O–H groups in total. The van der Waals surface area contributed by atoms with Gasteiger partial charge in [0.05, 0.1) is 13.1 Å². The number of anilines is 1. The number of imide groups is 1. The molecule has 1 aromatic carbocycles. The fourth-order valence-corrected chi connectivity index (χ4v) is 1.92. The van der Waals surface area contributed by atoms with E-state index in [1.807, 2.05) is 0 Å². The van der Waals surface area contributed by atoms with Crippen LogP contribution in [0.2, 0.25) is 0 Å². The van der Waals surface area contributed by atoms with Crippen LogP contribution in [0.15, 0.2) is 24.3 Å². The molecule has 1 saturated heterocycles. The number of carboxylic acids is 1. The number of rotatable bonds is 3. The van der Waals surface area contributed by atoms with Crippen LogP contribution < -0.4 is 10.2 Å². The van der Waals surface area contributed by atoms with E-state index in [1.54, 1.807) is 0 Å². The first-order valence-corrected chi connectivity index (χ1v) is 5.74. The van der Waals surface area contributed by atoms with E-state index >= 15 is 0 Å². The summed E-state index contributed by atoms with van der Waals surface area (Å²) in [7, 11) is 0. The molecule has 0 radical (unpaired) electrons. The third kappa shape index (κ3) is 3.19. The van der Waals surface area contributed by atoms with Crippen molar-refractivity contribution in [2.24, 2.45) is 0 Å². The van der Waals surface area contributed by atoms with Crippen molar-refractivity contribution in [2.75, 3.05) is 18.0 Å². The van der Waals surface area contributed by atoms with E-state index in [2.05, 4.69) is 5.32 Å². The first-order chi connectivity index (χ1) is 9.45. The summed E-state index contributed by atoms with van der Waals surface area (Å²) >= 11 is 0. The number of nitrogens with zero attached hydrogens (tertiary/aromatic N) is 1. The highest BCUT2D eigenvalue weighted by Crippen LogP contribution is 2.23. The SMILES string of the molecule is O=C(O)C=Cc1cc(F)ccc1N1CC(=O)NC(=O)C1. The zero-order valence-corrected chi connectivity index (χ0v) is 10.3. The quantitative estimate of drug-likeness (QED) is 0.617. The number of carboxylic acid groups (broad SMARTS) is 1. The molecule has 104 valence electrons. The van der Waals surface area contributed by atoms with Crippen LogP contribution in [0, 0.1) is 5.82 Å². The molecule has 0 spiro atoms. The summed E-state index contributed by atoms with van der Waals surface area (Å²) in [5.74, 6) is -2.63. The summed E-state index contributed by atoms with van der Waals surface area (Å²) in [5, 5.41) is 10.8. The molecule has 0 saturated carbocycles. The molecule has 7 heteroatoms. The molecule has 1 aliphatic heterocycles. The standard InChI is InChI=1S/C13H11FN2O4/c14-9-2-3-10(8(5-9)1-4-13(19)20)16-6-11(17)15-12(18)7-16/h1-5H,6-7H2,(H,19,20)(H,15,17,18). The van der Waals surface area contributed by atoms with Crippen molar-refractivity contribution in [2.45, 2.75) is 0 Å². The summed E-state index contributed by atoms with van der Waals surface area (Å²) < 4.78 is 13.2. The normalized spacial score (nSPS) is 15.6. The van der Waals surface area contributed by atoms with Crippen LogP contribution in [0.1, 0.15) is 5.56 Å². The predicted molar refractivity (Wildman–Crippen MR) is 68.4 cm³/mol. The molecule has 6 nitrogen and oxygen atoms in total. The number of nitrogens with one attached hydrogen (secondary N) is 1. The van der Waals surface area contributed by atoms with Gasteiger partial charge in [-0.2, -0.15) is 0 Å². The van der Waals surface area contributed by atoms with Crippen LogP contribution in [-0.4, -0.2) is 36.0 Å². The molecule has 0 unspecified atom stereocenters. The molecule has 1 fully saturated rings. The van der Waals surface area contributed by atoms with Gasteiger partial charge in [0.2, 0.25) is 11.8 Å². The van der Waals surface area contributed by atoms with Crippen LogP contribution >= 0.6 is 0 Å². The molecule has 1 aliphatic rings. The number of benzene rings is 1. The molecule has 2 rings (SSSR count). The van der Waals surface area contributed by atoms with Crippen molar-refractivity contribution in [3.05, 3.63) is 35.7 Å². The summed E-state index contributed by atoms with van der Waals surface area (Å²) in [4.78, 5) is 34.7. The molecular formula is C13H11FN2O4. The van der Waals surface area contributed by atoms with E-state index in [0.717, 1.165) is 12.1 Å². The van der Waals surface area contributed by atoms with Crippen molar-refractivity contribution in [3.8, 4) is 0 Å². The van der Waals surface area contributed by atoms with Crippen LogP contribution in [0.25, 0.3) is 6.08 Å². The molecule has 20 heavy (non-hydrogen) atoms. The summed E-state index contributed by atoms with van der Waals surface area (Å²) in [5.41, 5.74) is 0.710. The van der Waals surface area contributed by atoms with E-state index in [9.17, 15) is 18.8 Å². The lowest BCUT2D eigenvalue weighted by atomic mass is 10.1. The van der Waals surface area contributed by atoms with Gasteiger partial charge in [-0.25, -0.2) is 9.18 Å². The van der Waals surface area contributed by atoms with Gasteiger partial charge < -0.3 is 10.0 Å². The Morgan fingerprint density at radius 3 is 2.55 bits per heavy atom. The number of carbonyl (C=O) groups is 3. The van der Waals surface area contributed by atoms with E-state index in [0.29, 0.717) is 5.69 Å². The maximum Gasteiger partial charge on any atom is 0.328 e. The highest BCUT2D eigenvalue weighted by Gasteiger charge is 2.24. The second-order valence-electron chi connectivity index (χ2n) is 4.20. The summed E-state index contributed by atoms with van der Waals surface area (Å²) in [6.07, 6.45) is 2.09. The van der Waals surface area contributed by atoms with Crippen molar-refractivity contribution < 1.29 is 23.9 Å². The van der Waals surface area contributed by atoms with Gasteiger partial charge in [0.25, 0.3) is 0 Å². The third-order valence-electron chi connectivity index (χ3n) is 2.68. The molecule has 0 atom stereocenters. The van der Waals surface area contributed by atoms with Crippen molar-refractivity contribution in [3.63, 3.8) is 0 Å². The Morgan fingerprint density at radius 2 is 1.95 bits per heavy atom. The number of hydrogen-bond acceptors (Lipinski definition) is 4. The first kappa shape index (κ1) is 13.7. The molecule has 1 aromatic rings. The van der Waals surface area contributed by atoms with Crippen molar-refractivity contribution in [1.29, 1.82) is 0 Å². The lowest BCUT2D eigenvalue weighted by molar-refractivity contribution is -0.132. The van der Waals surface area contributed by atoms with E-state index < -0.39 is 23.6 Å². The largest absolute Gasteiger partial charge is 0.478 e. The number of amides is 2. The van der Waals surface area contributed by atoms with Crippen LogP contribution in [0.3, 0.4) is 0 Å². The average molecular weight is 278 g/mol. The average Bonchev–Trinajstić information content (AvgIpc) is 2.35. The predicted octanol–water partition coefficient (Wildman–Crippen LogP) is 0.386. The maximum absolute atomic E-state index is 13.2. The highest BCUT2D eigenvalue weighted by atomic mass is 19.1. The van der Waals surface area contributed by atoms with E-state index in [-0.39, 0.29) is 18.7 Å². The van der Waals surface area contributed by atoms with Gasteiger partial charge >= 0.3 is 5.97 Å². The van der Waals surface area contributed by atoms with E-state index in [1.165, 1.54) is 23.1 Å². The van der Waals surface area contributed by atoms with Crippen LogP contribution in [0.4, 0.5) is 10.1 Å². The minimum atomic E-state index is -1.17. The Labute approximate surface area is 113 Å². The van der Waals surface area contributed by atoms with Crippen LogP contribution in [-0.2, 0) is 14.4 Å². The second-order valence-corrected chi connectivity index (χ2v) is 4.20. The fourth-order valence-electron chi connectivity index (χ4n) is 1.92. The summed E-state index contributed by atoms with van der Waals surface area (Å²) in [6.45, 7) is -0.101. The first-order valence-electron chi connectivity index (χ1n) is 5.74. The molecular weight excluding hydrogens is 267 g/mol. The monoisotopic (exact) mass is 278 g/mol. The number of halogens is 1. The van der Waals surface area contributed by atoms with Gasteiger partial charge in [-0.1, -0.05) is 0 Å². The Kier molecular flexibility index (Phi) is 3.79. The topological polar surface area (TPSA) is 86.7 Å². The smallest absolute Gasteiger partial charge is 0.328 e. The van der Waals surface area contributed by atoms with Gasteiger partial charge in [-0.15, -0.1) is 0 Å². The molecule has 2 amide bonds. The molecule has 1 heterocycles. The summed E-state index contributed by atoms with van der Waals surface area (Å²) in [6, 6.07) is 3.74. The molecule has 0 bridgehead atoms. The van der Waals surface area contributed by atoms with Gasteiger partial charge in [-0.05, 0) is 24.3 Å². The third-order valence-corrected chi connectivity index (χ3v) is 2.68. The molecule has 0 aromatic heterocycles. The number of carbonyl (C=O) groups excluding carboxylic acids is 2. The number of aliphatic carboxylic acids is 1. The number of hydrogen-bond donors (Lipinski definition) is 2. The fraction of sp³-hybridized carbons (Fsp3) is 0.154. The highest BCUT2D eigenvalue weighted by molar-refractivity contribution is 6.03. The Hall–Kier alpha value is -2.70. The van der Waals surface area contributed by atoms with Gasteiger partial charge in [0, 0.05) is 17.3 Å². The minimum Gasteiger partial charge on any atom is -0.478 e. The number of piperazine rings is 1. The Bertz CT molecular complexity index is 596. The minimum absolute atomic E-state index is 0.0503. The van der Waals surface area contributed by atoms with E-state index in [4.69, 9.17) is 5.11 Å². The maximum atomic E-state index is 13.2. The van der Waals surface area contributed by atoms with Gasteiger partial charge in [0.1, 0.15) is 5.82 Å². The van der Waals surface area contributed by atoms with Gasteiger partial charge in [0.15, 0.2) is 0 Å². The molecule has 0 aliphatic carbocycles. The zero-order valence-electron chi connectivity index (χ0n) is 10.3. The lowest BCUT2D eigenvalue weighted by Gasteiger charge is -2.28. The zero-order chi connectivity index (χ0) is 14.7.